The van der Waals surface area contributed by atoms with Crippen LogP contribution in [0.15, 0.2) is 0 Å². The quantitative estimate of drug-likeness (QED) is 0.836. The fraction of sp³-hybridized carbons (Fsp3) is 0.933. The number of carbonyl (C=O) groups is 1. The third-order valence-corrected chi connectivity index (χ3v) is 4.69. The lowest BCUT2D eigenvalue weighted by Gasteiger charge is -2.37. The van der Waals surface area contributed by atoms with Crippen LogP contribution in [0.4, 0.5) is 0 Å². The van der Waals surface area contributed by atoms with Crippen LogP contribution in [0.5, 0.6) is 0 Å². The van der Waals surface area contributed by atoms with Crippen LogP contribution in [0.25, 0.3) is 0 Å². The SMILES string of the molecule is CC1(C)CCN(C(=O)CCC2CCNCC2)CC1. The van der Waals surface area contributed by atoms with Crippen LogP contribution < -0.4 is 5.32 Å². The van der Waals surface area contributed by atoms with Gasteiger partial charge in [0.25, 0.3) is 0 Å². The van der Waals surface area contributed by atoms with Gasteiger partial charge in [-0.2, -0.15) is 0 Å². The summed E-state index contributed by atoms with van der Waals surface area (Å²) in [5, 5.41) is 3.38. The molecule has 18 heavy (non-hydrogen) atoms. The molecule has 1 N–H and O–H groups in total. The molecule has 0 bridgehead atoms. The maximum Gasteiger partial charge on any atom is 0.222 e. The third kappa shape index (κ3) is 3.98. The first-order valence-corrected chi connectivity index (χ1v) is 7.55. The highest BCUT2D eigenvalue weighted by Crippen LogP contribution is 2.30. The minimum absolute atomic E-state index is 0.393. The maximum atomic E-state index is 12.2. The molecule has 2 rings (SSSR count). The number of rotatable bonds is 3. The molecule has 0 unspecified atom stereocenters. The smallest absolute Gasteiger partial charge is 0.222 e. The van der Waals surface area contributed by atoms with E-state index in [1.54, 1.807) is 0 Å². The van der Waals surface area contributed by atoms with Gasteiger partial charge in [0, 0.05) is 19.5 Å². The fourth-order valence-electron chi connectivity index (χ4n) is 3.02. The van der Waals surface area contributed by atoms with Crippen molar-refractivity contribution < 1.29 is 4.79 Å². The van der Waals surface area contributed by atoms with E-state index in [-0.39, 0.29) is 0 Å². The summed E-state index contributed by atoms with van der Waals surface area (Å²) >= 11 is 0. The first-order chi connectivity index (χ1) is 8.57. The minimum Gasteiger partial charge on any atom is -0.343 e. The number of amides is 1. The molecule has 0 aliphatic carbocycles. The molecule has 3 heteroatoms. The van der Waals surface area contributed by atoms with E-state index in [0.717, 1.165) is 57.8 Å². The average molecular weight is 252 g/mol. The molecule has 1 amide bonds. The van der Waals surface area contributed by atoms with Gasteiger partial charge in [0.15, 0.2) is 0 Å². The number of piperidine rings is 2. The zero-order valence-corrected chi connectivity index (χ0v) is 12.0. The Kier molecular flexibility index (Phi) is 4.66. The first kappa shape index (κ1) is 13.9. The molecule has 2 heterocycles. The molecule has 0 aromatic carbocycles. The summed E-state index contributed by atoms with van der Waals surface area (Å²) < 4.78 is 0. The second-order valence-electron chi connectivity index (χ2n) is 6.78. The Morgan fingerprint density at radius 1 is 1.22 bits per heavy atom. The summed E-state index contributed by atoms with van der Waals surface area (Å²) in [4.78, 5) is 14.3. The molecule has 2 aliphatic heterocycles. The van der Waals surface area contributed by atoms with Crippen molar-refractivity contribution >= 4 is 5.91 Å². The first-order valence-electron chi connectivity index (χ1n) is 7.55. The predicted molar refractivity (Wildman–Crippen MR) is 74.4 cm³/mol. The molecule has 104 valence electrons. The lowest BCUT2D eigenvalue weighted by Crippen LogP contribution is -2.41. The molecular formula is C15H28N2O. The third-order valence-electron chi connectivity index (χ3n) is 4.69. The van der Waals surface area contributed by atoms with E-state index in [0.29, 0.717) is 11.3 Å². The molecule has 0 radical (unpaired) electrons. The second-order valence-corrected chi connectivity index (χ2v) is 6.78. The molecule has 0 saturated carbocycles. The van der Waals surface area contributed by atoms with Crippen molar-refractivity contribution in [2.45, 2.75) is 52.4 Å². The van der Waals surface area contributed by atoms with Gasteiger partial charge in [-0.1, -0.05) is 13.8 Å². The van der Waals surface area contributed by atoms with Crippen LogP contribution in [0.2, 0.25) is 0 Å². The Labute approximate surface area is 111 Å². The van der Waals surface area contributed by atoms with Crippen molar-refractivity contribution in [2.24, 2.45) is 11.3 Å². The monoisotopic (exact) mass is 252 g/mol. The van der Waals surface area contributed by atoms with Crippen LogP contribution in [-0.4, -0.2) is 37.0 Å². The van der Waals surface area contributed by atoms with Gasteiger partial charge in [-0.05, 0) is 56.5 Å². The second kappa shape index (κ2) is 6.05. The van der Waals surface area contributed by atoms with Crippen molar-refractivity contribution in [2.75, 3.05) is 26.2 Å². The van der Waals surface area contributed by atoms with Gasteiger partial charge in [-0.15, -0.1) is 0 Å². The van der Waals surface area contributed by atoms with Crippen molar-refractivity contribution in [3.63, 3.8) is 0 Å². The highest BCUT2D eigenvalue weighted by Gasteiger charge is 2.27. The van der Waals surface area contributed by atoms with Crippen molar-refractivity contribution in [1.82, 2.24) is 10.2 Å². The Morgan fingerprint density at radius 3 is 2.44 bits per heavy atom. The maximum absolute atomic E-state index is 12.2. The minimum atomic E-state index is 0.393. The molecule has 3 nitrogen and oxygen atoms in total. The predicted octanol–water partition coefficient (Wildman–Crippen LogP) is 2.41. The average Bonchev–Trinajstić information content (AvgIpc) is 2.37. The van der Waals surface area contributed by atoms with E-state index < -0.39 is 0 Å². The van der Waals surface area contributed by atoms with Gasteiger partial charge in [-0.25, -0.2) is 0 Å². The summed E-state index contributed by atoms with van der Waals surface area (Å²) in [6, 6.07) is 0. The summed E-state index contributed by atoms with van der Waals surface area (Å²) in [6.45, 7) is 8.83. The van der Waals surface area contributed by atoms with E-state index in [1.807, 2.05) is 0 Å². The Bertz CT molecular complexity index is 272. The van der Waals surface area contributed by atoms with E-state index in [9.17, 15) is 4.79 Å². The van der Waals surface area contributed by atoms with Crippen LogP contribution >= 0.6 is 0 Å². The fourth-order valence-corrected chi connectivity index (χ4v) is 3.02. The van der Waals surface area contributed by atoms with Crippen molar-refractivity contribution in [1.29, 1.82) is 0 Å². The number of nitrogens with zero attached hydrogens (tertiary/aromatic N) is 1. The van der Waals surface area contributed by atoms with Crippen molar-refractivity contribution in [3.05, 3.63) is 0 Å². The summed E-state index contributed by atoms with van der Waals surface area (Å²) in [5.74, 6) is 1.17. The number of hydrogen-bond donors (Lipinski definition) is 1. The molecule has 2 aliphatic rings. The lowest BCUT2D eigenvalue weighted by molar-refractivity contribution is -0.133. The van der Waals surface area contributed by atoms with Gasteiger partial charge >= 0.3 is 0 Å². The van der Waals surface area contributed by atoms with Gasteiger partial charge in [-0.3, -0.25) is 4.79 Å². The molecule has 0 atom stereocenters. The largest absolute Gasteiger partial charge is 0.343 e. The molecule has 2 saturated heterocycles. The lowest BCUT2D eigenvalue weighted by atomic mass is 9.82. The molecule has 0 spiro atoms. The Morgan fingerprint density at radius 2 is 1.83 bits per heavy atom. The topological polar surface area (TPSA) is 32.3 Å². The standard InChI is InChI=1S/C15H28N2O/c1-15(2)7-11-17(12-8-15)14(18)4-3-13-5-9-16-10-6-13/h13,16H,3-12H2,1-2H3. The van der Waals surface area contributed by atoms with E-state index in [4.69, 9.17) is 0 Å². The van der Waals surface area contributed by atoms with Crippen LogP contribution in [0.1, 0.15) is 52.4 Å². The number of likely N-dealkylation sites (tertiary alicyclic amines) is 1. The van der Waals surface area contributed by atoms with Gasteiger partial charge in [0.2, 0.25) is 5.91 Å². The normalized spacial score (nSPS) is 25.1. The Hall–Kier alpha value is -0.570. The van der Waals surface area contributed by atoms with Gasteiger partial charge in [0.1, 0.15) is 0 Å². The summed E-state index contributed by atoms with van der Waals surface area (Å²) in [6.07, 6.45) is 6.68. The summed E-state index contributed by atoms with van der Waals surface area (Å²) in [5.41, 5.74) is 0.436. The highest BCUT2D eigenvalue weighted by molar-refractivity contribution is 5.76. The van der Waals surface area contributed by atoms with Crippen molar-refractivity contribution in [3.8, 4) is 0 Å². The van der Waals surface area contributed by atoms with E-state index in [2.05, 4.69) is 24.1 Å². The van der Waals surface area contributed by atoms with E-state index in [1.165, 1.54) is 12.8 Å². The molecule has 0 aromatic rings. The molecule has 0 aromatic heterocycles. The van der Waals surface area contributed by atoms with E-state index >= 15 is 0 Å². The zero-order valence-electron chi connectivity index (χ0n) is 12.0. The number of carbonyl (C=O) groups excluding carboxylic acids is 1. The highest BCUT2D eigenvalue weighted by atomic mass is 16.2. The summed E-state index contributed by atoms with van der Waals surface area (Å²) in [7, 11) is 0. The van der Waals surface area contributed by atoms with Crippen LogP contribution in [0.3, 0.4) is 0 Å². The van der Waals surface area contributed by atoms with Crippen LogP contribution in [0, 0.1) is 11.3 Å². The number of nitrogens with one attached hydrogen (secondary N) is 1. The zero-order chi connectivity index (χ0) is 13.0. The van der Waals surface area contributed by atoms with Crippen LogP contribution in [-0.2, 0) is 4.79 Å². The van der Waals surface area contributed by atoms with Gasteiger partial charge < -0.3 is 10.2 Å². The Balaban J connectivity index is 1.68. The number of hydrogen-bond acceptors (Lipinski definition) is 2. The molecular weight excluding hydrogens is 224 g/mol. The van der Waals surface area contributed by atoms with Gasteiger partial charge in [0.05, 0.1) is 0 Å². The molecule has 2 fully saturated rings.